The molecule has 1 saturated heterocycles. The predicted molar refractivity (Wildman–Crippen MR) is 77.7 cm³/mol. The van der Waals surface area contributed by atoms with Crippen LogP contribution in [0.2, 0.25) is 0 Å². The standard InChI is InChI=1S/C14H21BrN2/c1-10-8-12(15)9-11(2)14(10)17-13-4-3-6-16-7-5-13/h8-9,13,16-17H,3-7H2,1-2H3. The van der Waals surface area contributed by atoms with E-state index in [2.05, 4.69) is 52.5 Å². The number of hydrogen-bond donors (Lipinski definition) is 2. The maximum Gasteiger partial charge on any atom is 0.0402 e. The van der Waals surface area contributed by atoms with Crippen molar-refractivity contribution in [3.8, 4) is 0 Å². The second-order valence-corrected chi connectivity index (χ2v) is 5.85. The molecule has 1 aliphatic heterocycles. The molecule has 0 aliphatic carbocycles. The molecule has 0 amide bonds. The molecule has 1 aromatic carbocycles. The highest BCUT2D eigenvalue weighted by Gasteiger charge is 2.13. The third-order valence-electron chi connectivity index (χ3n) is 3.42. The van der Waals surface area contributed by atoms with Gasteiger partial charge in [-0.3, -0.25) is 0 Å². The lowest BCUT2D eigenvalue weighted by Crippen LogP contribution is -2.22. The average Bonchev–Trinajstić information content (AvgIpc) is 2.51. The van der Waals surface area contributed by atoms with Crippen molar-refractivity contribution in [2.24, 2.45) is 0 Å². The smallest absolute Gasteiger partial charge is 0.0402 e. The van der Waals surface area contributed by atoms with E-state index in [1.807, 2.05) is 0 Å². The van der Waals surface area contributed by atoms with E-state index in [4.69, 9.17) is 0 Å². The largest absolute Gasteiger partial charge is 0.382 e. The number of halogens is 1. The number of nitrogens with one attached hydrogen (secondary N) is 2. The van der Waals surface area contributed by atoms with Crippen LogP contribution in [0.4, 0.5) is 5.69 Å². The number of anilines is 1. The first kappa shape index (κ1) is 12.9. The van der Waals surface area contributed by atoms with E-state index in [0.717, 1.165) is 13.1 Å². The van der Waals surface area contributed by atoms with Gasteiger partial charge in [0.05, 0.1) is 0 Å². The Hall–Kier alpha value is -0.540. The summed E-state index contributed by atoms with van der Waals surface area (Å²) in [6.07, 6.45) is 3.75. The summed E-state index contributed by atoms with van der Waals surface area (Å²) in [6.45, 7) is 6.65. The molecular formula is C14H21BrN2. The molecule has 2 nitrogen and oxygen atoms in total. The Bertz CT molecular complexity index is 359. The van der Waals surface area contributed by atoms with Crippen LogP contribution < -0.4 is 10.6 Å². The average molecular weight is 297 g/mol. The van der Waals surface area contributed by atoms with E-state index < -0.39 is 0 Å². The Morgan fingerprint density at radius 1 is 1.18 bits per heavy atom. The van der Waals surface area contributed by atoms with Crippen LogP contribution in [0.3, 0.4) is 0 Å². The van der Waals surface area contributed by atoms with E-state index in [9.17, 15) is 0 Å². The molecule has 1 aliphatic rings. The van der Waals surface area contributed by atoms with Gasteiger partial charge in [0, 0.05) is 16.2 Å². The van der Waals surface area contributed by atoms with Crippen LogP contribution in [0.25, 0.3) is 0 Å². The van der Waals surface area contributed by atoms with Crippen molar-refractivity contribution in [1.29, 1.82) is 0 Å². The summed E-state index contributed by atoms with van der Waals surface area (Å²) in [5.41, 5.74) is 3.98. The van der Waals surface area contributed by atoms with Gasteiger partial charge in [0.2, 0.25) is 0 Å². The van der Waals surface area contributed by atoms with Crippen LogP contribution in [0.1, 0.15) is 30.4 Å². The minimum Gasteiger partial charge on any atom is -0.382 e. The Balaban J connectivity index is 2.11. The zero-order valence-corrected chi connectivity index (χ0v) is 12.2. The molecule has 2 N–H and O–H groups in total. The summed E-state index contributed by atoms with van der Waals surface area (Å²) in [7, 11) is 0. The summed E-state index contributed by atoms with van der Waals surface area (Å²) in [5, 5.41) is 7.18. The molecule has 1 unspecified atom stereocenters. The van der Waals surface area contributed by atoms with Gasteiger partial charge in [-0.2, -0.15) is 0 Å². The minimum atomic E-state index is 0.614. The Kier molecular flexibility index (Phi) is 4.46. The van der Waals surface area contributed by atoms with Crippen LogP contribution >= 0.6 is 15.9 Å². The molecule has 2 rings (SSSR count). The zero-order chi connectivity index (χ0) is 12.3. The quantitative estimate of drug-likeness (QED) is 0.871. The van der Waals surface area contributed by atoms with Gasteiger partial charge >= 0.3 is 0 Å². The van der Waals surface area contributed by atoms with Gasteiger partial charge in [-0.05, 0) is 69.5 Å². The first-order valence-corrected chi connectivity index (χ1v) is 7.20. The molecular weight excluding hydrogens is 276 g/mol. The number of aryl methyl sites for hydroxylation is 2. The highest BCUT2D eigenvalue weighted by atomic mass is 79.9. The highest BCUT2D eigenvalue weighted by molar-refractivity contribution is 9.10. The maximum absolute atomic E-state index is 3.72. The van der Waals surface area contributed by atoms with Gasteiger partial charge < -0.3 is 10.6 Å². The van der Waals surface area contributed by atoms with Crippen LogP contribution in [0, 0.1) is 13.8 Å². The molecule has 1 atom stereocenters. The van der Waals surface area contributed by atoms with Crippen LogP contribution in [-0.2, 0) is 0 Å². The van der Waals surface area contributed by atoms with Crippen LogP contribution in [0.5, 0.6) is 0 Å². The van der Waals surface area contributed by atoms with Crippen molar-refractivity contribution in [3.05, 3.63) is 27.7 Å². The number of hydrogen-bond acceptors (Lipinski definition) is 2. The Morgan fingerprint density at radius 2 is 1.88 bits per heavy atom. The summed E-state index contributed by atoms with van der Waals surface area (Å²) in [4.78, 5) is 0. The molecule has 17 heavy (non-hydrogen) atoms. The molecule has 0 radical (unpaired) electrons. The summed E-state index contributed by atoms with van der Waals surface area (Å²) < 4.78 is 1.17. The molecule has 94 valence electrons. The van der Waals surface area contributed by atoms with Crippen molar-refractivity contribution in [1.82, 2.24) is 5.32 Å². The molecule has 0 bridgehead atoms. The van der Waals surface area contributed by atoms with Crippen LogP contribution in [0.15, 0.2) is 16.6 Å². The third-order valence-corrected chi connectivity index (χ3v) is 3.88. The Morgan fingerprint density at radius 3 is 2.59 bits per heavy atom. The van der Waals surface area contributed by atoms with Crippen molar-refractivity contribution >= 4 is 21.6 Å². The molecule has 3 heteroatoms. The maximum atomic E-state index is 3.72. The third kappa shape index (κ3) is 3.46. The van der Waals surface area contributed by atoms with E-state index >= 15 is 0 Å². The van der Waals surface area contributed by atoms with Gasteiger partial charge in [0.15, 0.2) is 0 Å². The lowest BCUT2D eigenvalue weighted by molar-refractivity contribution is 0.636. The van der Waals surface area contributed by atoms with Crippen molar-refractivity contribution in [3.63, 3.8) is 0 Å². The SMILES string of the molecule is Cc1cc(Br)cc(C)c1NC1CCCNCC1. The fraction of sp³-hybridized carbons (Fsp3) is 0.571. The normalized spacial score (nSPS) is 21.0. The van der Waals surface area contributed by atoms with Crippen molar-refractivity contribution < 1.29 is 0 Å². The van der Waals surface area contributed by atoms with Gasteiger partial charge in [-0.1, -0.05) is 15.9 Å². The second-order valence-electron chi connectivity index (χ2n) is 4.94. The molecule has 1 fully saturated rings. The fourth-order valence-corrected chi connectivity index (χ4v) is 3.19. The van der Waals surface area contributed by atoms with E-state index in [-0.39, 0.29) is 0 Å². The van der Waals surface area contributed by atoms with Gasteiger partial charge in [0.1, 0.15) is 0 Å². The van der Waals surface area contributed by atoms with E-state index in [0.29, 0.717) is 6.04 Å². The molecule has 0 aromatic heterocycles. The highest BCUT2D eigenvalue weighted by Crippen LogP contribution is 2.26. The predicted octanol–water partition coefficient (Wildman–Crippen LogP) is 3.62. The van der Waals surface area contributed by atoms with Crippen LogP contribution in [-0.4, -0.2) is 19.1 Å². The topological polar surface area (TPSA) is 24.1 Å². The first-order valence-electron chi connectivity index (χ1n) is 6.41. The minimum absolute atomic E-state index is 0.614. The molecule has 0 saturated carbocycles. The van der Waals surface area contributed by atoms with Gasteiger partial charge in [-0.25, -0.2) is 0 Å². The Labute approximate surface area is 112 Å². The van der Waals surface area contributed by atoms with Gasteiger partial charge in [-0.15, -0.1) is 0 Å². The fourth-order valence-electron chi connectivity index (χ4n) is 2.51. The molecule has 0 spiro atoms. The summed E-state index contributed by atoms with van der Waals surface area (Å²) in [6, 6.07) is 4.98. The second kappa shape index (κ2) is 5.87. The zero-order valence-electron chi connectivity index (χ0n) is 10.6. The lowest BCUT2D eigenvalue weighted by atomic mass is 10.1. The number of benzene rings is 1. The van der Waals surface area contributed by atoms with Crippen molar-refractivity contribution in [2.75, 3.05) is 18.4 Å². The van der Waals surface area contributed by atoms with Crippen molar-refractivity contribution in [2.45, 2.75) is 39.2 Å². The van der Waals surface area contributed by atoms with E-state index in [1.54, 1.807) is 0 Å². The molecule has 1 aromatic rings. The monoisotopic (exact) mass is 296 g/mol. The van der Waals surface area contributed by atoms with Gasteiger partial charge in [0.25, 0.3) is 0 Å². The lowest BCUT2D eigenvalue weighted by Gasteiger charge is -2.21. The summed E-state index contributed by atoms with van der Waals surface area (Å²) in [5.74, 6) is 0. The molecule has 1 heterocycles. The van der Waals surface area contributed by atoms with E-state index in [1.165, 1.54) is 40.5 Å². The first-order chi connectivity index (χ1) is 8.16. The summed E-state index contributed by atoms with van der Waals surface area (Å²) >= 11 is 3.55. The number of rotatable bonds is 2.